The first-order chi connectivity index (χ1) is 38.5. The van der Waals surface area contributed by atoms with E-state index >= 15 is 0 Å². The summed E-state index contributed by atoms with van der Waals surface area (Å²) in [6.07, 6.45) is 18.3. The van der Waals surface area contributed by atoms with E-state index in [1.165, 1.54) is 116 Å². The van der Waals surface area contributed by atoms with Crippen LogP contribution >= 0.6 is 0 Å². The standard InChI is InChI=1S/C74H63BN2O2/c1-48-30-34-52(35-31-48)69-67(50-20-10-7-11-21-50)68(51-22-12-8-13-23-51)70(53-36-32-49(2)33-37-53)72(71(69)54-38-42-56(43-39-54)75-78-73(3,4)74(5,6)79-75)55-40-44-58(45-41-55)77-64-29-19-17-27-60(64)62-46-65-61(47-66(62)77)59-26-16-18-28-63(59)76(65)57-24-14-9-15-25-57/h8,10,12-14,16-47H,7,9,11,15H2,1-6H3. The third-order valence-corrected chi connectivity index (χ3v) is 17.4. The number of fused-ring (bicyclic) bond motifs is 6. The number of aryl methyl sites for hydroxylation is 2. The first kappa shape index (κ1) is 48.9. The number of nitrogens with zero attached hydrogens (tertiary/aromatic N) is 2. The maximum Gasteiger partial charge on any atom is 0.494 e. The minimum atomic E-state index is -0.485. The highest BCUT2D eigenvalue weighted by Crippen LogP contribution is 2.55. The molecule has 1 aliphatic heterocycles. The van der Waals surface area contributed by atoms with Gasteiger partial charge in [0.2, 0.25) is 0 Å². The Kier molecular flexibility index (Phi) is 11.9. The maximum absolute atomic E-state index is 6.66. The SMILES string of the molecule is Cc1ccc(-c2c(C3=CCCC=C3)c(-c3ccccc3)c(-c3ccc(C)cc3)c(-c3ccc(-n4c5ccccc5c5cc6c(cc54)c4ccccc4n6C4=CCCC=C4)cc3)c2-c2ccc(B3OC(C)(C)C(C)(C)O3)cc2)cc1. The Morgan fingerprint density at radius 3 is 1.32 bits per heavy atom. The van der Waals surface area contributed by atoms with Gasteiger partial charge in [0, 0.05) is 32.9 Å². The molecule has 4 nitrogen and oxygen atoms in total. The summed E-state index contributed by atoms with van der Waals surface area (Å²) in [5, 5.41) is 4.98. The third kappa shape index (κ3) is 8.21. The predicted octanol–water partition coefficient (Wildman–Crippen LogP) is 19.1. The monoisotopic (exact) mass is 1020 g/mol. The van der Waals surface area contributed by atoms with Gasteiger partial charge in [-0.3, -0.25) is 0 Å². The fraction of sp³-hybridized carbons (Fsp3) is 0.162. The molecule has 0 amide bonds. The number of hydrogen-bond donors (Lipinski definition) is 0. The first-order valence-electron chi connectivity index (χ1n) is 28.2. The van der Waals surface area contributed by atoms with Gasteiger partial charge in [0.05, 0.1) is 33.3 Å². The van der Waals surface area contributed by atoms with E-state index in [0.717, 1.165) is 48.0 Å². The molecule has 0 spiro atoms. The smallest absolute Gasteiger partial charge is 0.399 e. The lowest BCUT2D eigenvalue weighted by Gasteiger charge is -2.32. The van der Waals surface area contributed by atoms with Crippen LogP contribution in [-0.2, 0) is 9.31 Å². The molecule has 0 bridgehead atoms. The fourth-order valence-corrected chi connectivity index (χ4v) is 12.6. The summed E-state index contributed by atoms with van der Waals surface area (Å²) >= 11 is 0. The normalized spacial score (nSPS) is 15.9. The summed E-state index contributed by atoms with van der Waals surface area (Å²) in [6, 6.07) is 70.7. The lowest BCUT2D eigenvalue weighted by Crippen LogP contribution is -2.41. The van der Waals surface area contributed by atoms with Crippen molar-refractivity contribution in [3.05, 3.63) is 241 Å². The van der Waals surface area contributed by atoms with Crippen LogP contribution in [0.5, 0.6) is 0 Å². The number of allylic oxidation sites excluding steroid dienone is 8. The minimum Gasteiger partial charge on any atom is -0.399 e. The summed E-state index contributed by atoms with van der Waals surface area (Å²) in [4.78, 5) is 0. The Hall–Kier alpha value is -8.48. The van der Waals surface area contributed by atoms with Crippen molar-refractivity contribution >= 4 is 67.5 Å². The van der Waals surface area contributed by atoms with E-state index in [1.54, 1.807) is 0 Å². The van der Waals surface area contributed by atoms with Crippen LogP contribution in [0, 0.1) is 13.8 Å². The van der Waals surface area contributed by atoms with Crippen LogP contribution < -0.4 is 5.46 Å². The largest absolute Gasteiger partial charge is 0.494 e. The van der Waals surface area contributed by atoms with Gasteiger partial charge in [-0.15, -0.1) is 0 Å². The fourth-order valence-electron chi connectivity index (χ4n) is 12.6. The molecule has 0 unspecified atom stereocenters. The Morgan fingerprint density at radius 1 is 0.380 bits per heavy atom. The zero-order valence-corrected chi connectivity index (χ0v) is 46.0. The van der Waals surface area contributed by atoms with Crippen molar-refractivity contribution in [2.24, 2.45) is 0 Å². The van der Waals surface area contributed by atoms with Crippen molar-refractivity contribution in [2.45, 2.75) is 78.4 Å². The molecule has 79 heavy (non-hydrogen) atoms. The summed E-state index contributed by atoms with van der Waals surface area (Å²) in [5.41, 5.74) is 23.9. The van der Waals surface area contributed by atoms with Crippen LogP contribution in [0.15, 0.2) is 225 Å². The van der Waals surface area contributed by atoms with Crippen molar-refractivity contribution in [2.75, 3.05) is 0 Å². The average molecular weight is 1020 g/mol. The predicted molar refractivity (Wildman–Crippen MR) is 335 cm³/mol. The minimum absolute atomic E-state index is 0.461. The second kappa shape index (κ2) is 19.2. The molecule has 0 saturated carbocycles. The van der Waals surface area contributed by atoms with Crippen molar-refractivity contribution < 1.29 is 9.31 Å². The summed E-state index contributed by atoms with van der Waals surface area (Å²) in [7, 11) is -0.485. The molecule has 0 radical (unpaired) electrons. The lowest BCUT2D eigenvalue weighted by molar-refractivity contribution is 0.00578. The Morgan fingerprint density at radius 2 is 0.810 bits per heavy atom. The van der Waals surface area contributed by atoms with Gasteiger partial charge in [0.25, 0.3) is 0 Å². The molecule has 9 aromatic carbocycles. The van der Waals surface area contributed by atoms with Crippen LogP contribution in [0.3, 0.4) is 0 Å². The van der Waals surface area contributed by atoms with E-state index in [2.05, 4.69) is 275 Å². The number of rotatable bonds is 9. The zero-order valence-electron chi connectivity index (χ0n) is 46.0. The molecule has 2 aliphatic carbocycles. The maximum atomic E-state index is 6.66. The molecule has 1 saturated heterocycles. The van der Waals surface area contributed by atoms with Gasteiger partial charge in [-0.1, -0.05) is 193 Å². The molecule has 14 rings (SSSR count). The van der Waals surface area contributed by atoms with Crippen LogP contribution in [0.25, 0.3) is 116 Å². The van der Waals surface area contributed by atoms with E-state index in [0.29, 0.717) is 0 Å². The lowest BCUT2D eigenvalue weighted by atomic mass is 9.72. The number of para-hydroxylation sites is 2. The van der Waals surface area contributed by atoms with Gasteiger partial charge >= 0.3 is 7.12 Å². The molecule has 1 fully saturated rings. The van der Waals surface area contributed by atoms with Crippen LogP contribution in [-0.4, -0.2) is 27.5 Å². The molecule has 3 heterocycles. The van der Waals surface area contributed by atoms with E-state index in [-0.39, 0.29) is 0 Å². The molecule has 0 atom stereocenters. The highest BCUT2D eigenvalue weighted by molar-refractivity contribution is 6.62. The van der Waals surface area contributed by atoms with Crippen molar-refractivity contribution in [3.8, 4) is 61.3 Å². The molecular formula is C74H63BN2O2. The average Bonchev–Trinajstić information content (AvgIpc) is 4.32. The van der Waals surface area contributed by atoms with E-state index in [9.17, 15) is 0 Å². The zero-order chi connectivity index (χ0) is 53.6. The van der Waals surface area contributed by atoms with Crippen LogP contribution in [0.2, 0.25) is 0 Å². The van der Waals surface area contributed by atoms with Gasteiger partial charge in [-0.2, -0.15) is 0 Å². The topological polar surface area (TPSA) is 28.3 Å². The van der Waals surface area contributed by atoms with Crippen LogP contribution in [0.4, 0.5) is 0 Å². The van der Waals surface area contributed by atoms with Gasteiger partial charge in [0.1, 0.15) is 0 Å². The third-order valence-electron chi connectivity index (χ3n) is 17.4. The molecule has 5 heteroatoms. The highest BCUT2D eigenvalue weighted by Gasteiger charge is 2.51. The van der Waals surface area contributed by atoms with E-state index in [1.807, 2.05) is 0 Å². The van der Waals surface area contributed by atoms with Gasteiger partial charge in [-0.25, -0.2) is 0 Å². The number of benzene rings is 9. The van der Waals surface area contributed by atoms with Crippen molar-refractivity contribution in [1.82, 2.24) is 9.13 Å². The summed E-state index contributed by atoms with van der Waals surface area (Å²) in [5.74, 6) is 0. The van der Waals surface area contributed by atoms with Gasteiger partial charge < -0.3 is 18.4 Å². The van der Waals surface area contributed by atoms with E-state index in [4.69, 9.17) is 9.31 Å². The molecule has 3 aliphatic rings. The Labute approximate surface area is 464 Å². The second-order valence-electron chi connectivity index (χ2n) is 22.9. The Bertz CT molecular complexity index is 4320. The van der Waals surface area contributed by atoms with Gasteiger partial charge in [-0.05, 0) is 182 Å². The number of hydrogen-bond acceptors (Lipinski definition) is 2. The Balaban J connectivity index is 1.06. The van der Waals surface area contributed by atoms with E-state index < -0.39 is 18.3 Å². The summed E-state index contributed by atoms with van der Waals surface area (Å²) < 4.78 is 18.3. The number of aromatic nitrogens is 2. The second-order valence-corrected chi connectivity index (χ2v) is 22.9. The van der Waals surface area contributed by atoms with Gasteiger partial charge in [0.15, 0.2) is 0 Å². The molecule has 2 aromatic heterocycles. The molecule has 0 N–H and O–H groups in total. The van der Waals surface area contributed by atoms with Crippen molar-refractivity contribution in [1.29, 1.82) is 0 Å². The molecular weight excluding hydrogens is 960 g/mol. The summed E-state index contributed by atoms with van der Waals surface area (Å²) in [6.45, 7) is 12.9. The highest BCUT2D eigenvalue weighted by atomic mass is 16.7. The quantitative estimate of drug-likeness (QED) is 0.135. The first-order valence-corrected chi connectivity index (χ1v) is 28.2. The van der Waals surface area contributed by atoms with Crippen molar-refractivity contribution in [3.63, 3.8) is 0 Å². The molecule has 384 valence electrons. The molecule has 11 aromatic rings. The van der Waals surface area contributed by atoms with Crippen LogP contribution in [0.1, 0.15) is 70.1 Å².